The maximum Gasteiger partial charge on any atom is 0.255 e. The van der Waals surface area contributed by atoms with Crippen molar-refractivity contribution in [2.45, 2.75) is 37.8 Å². The fraction of sp³-hybridized carbons (Fsp3) is 0.533. The third-order valence-corrected chi connectivity index (χ3v) is 3.55. The average Bonchev–Trinajstić information content (AvgIpc) is 2.46. The first kappa shape index (κ1) is 14.7. The molecule has 5 heteroatoms. The van der Waals surface area contributed by atoms with Gasteiger partial charge in [-0.3, -0.25) is 4.79 Å². The molecule has 0 spiro atoms. The second-order valence-corrected chi connectivity index (χ2v) is 5.15. The highest BCUT2D eigenvalue weighted by Gasteiger charge is 2.21. The van der Waals surface area contributed by atoms with Gasteiger partial charge < -0.3 is 20.5 Å². The molecular weight excluding hydrogens is 256 g/mol. The van der Waals surface area contributed by atoms with E-state index >= 15 is 0 Å². The molecule has 0 aromatic heterocycles. The number of rotatable bonds is 6. The zero-order valence-corrected chi connectivity index (χ0v) is 11.8. The van der Waals surface area contributed by atoms with Crippen LogP contribution in [0.15, 0.2) is 24.3 Å². The van der Waals surface area contributed by atoms with E-state index in [9.17, 15) is 4.79 Å². The van der Waals surface area contributed by atoms with Gasteiger partial charge in [0.2, 0.25) is 0 Å². The van der Waals surface area contributed by atoms with Crippen LogP contribution >= 0.6 is 0 Å². The highest BCUT2D eigenvalue weighted by Crippen LogP contribution is 2.25. The summed E-state index contributed by atoms with van der Waals surface area (Å²) in [6.07, 6.45) is 4.81. The summed E-state index contributed by atoms with van der Waals surface area (Å²) in [7, 11) is 1.77. The number of nitrogens with one attached hydrogen (secondary N) is 1. The fourth-order valence-corrected chi connectivity index (χ4v) is 2.56. The van der Waals surface area contributed by atoms with Gasteiger partial charge in [0.25, 0.3) is 5.91 Å². The van der Waals surface area contributed by atoms with Crippen LogP contribution in [0.4, 0.5) is 5.69 Å². The van der Waals surface area contributed by atoms with Crippen LogP contribution in [0.1, 0.15) is 25.7 Å². The molecule has 1 aromatic carbocycles. The summed E-state index contributed by atoms with van der Waals surface area (Å²) in [6.45, 7) is -0.0986. The second-order valence-electron chi connectivity index (χ2n) is 5.15. The summed E-state index contributed by atoms with van der Waals surface area (Å²) in [5.41, 5.74) is 6.06. The van der Waals surface area contributed by atoms with Gasteiger partial charge in [0.05, 0.1) is 6.10 Å². The van der Waals surface area contributed by atoms with Crippen molar-refractivity contribution in [3.63, 3.8) is 0 Å². The lowest BCUT2D eigenvalue weighted by atomic mass is 9.92. The number of amides is 1. The molecule has 5 nitrogen and oxygen atoms in total. The van der Waals surface area contributed by atoms with Crippen LogP contribution < -0.4 is 15.8 Å². The minimum absolute atomic E-state index is 0.0986. The monoisotopic (exact) mass is 278 g/mol. The van der Waals surface area contributed by atoms with Crippen molar-refractivity contribution < 1.29 is 14.3 Å². The van der Waals surface area contributed by atoms with E-state index < -0.39 is 5.91 Å². The van der Waals surface area contributed by atoms with Gasteiger partial charge in [0.15, 0.2) is 6.61 Å². The van der Waals surface area contributed by atoms with Crippen molar-refractivity contribution in [3.8, 4) is 5.75 Å². The molecule has 2 unspecified atom stereocenters. The number of anilines is 1. The SMILES string of the molecule is COC1CCCC(Nc2cccc(OCC(N)=O)c2)C1. The number of methoxy groups -OCH3 is 1. The van der Waals surface area contributed by atoms with E-state index in [2.05, 4.69) is 5.32 Å². The molecule has 1 fully saturated rings. The van der Waals surface area contributed by atoms with E-state index in [-0.39, 0.29) is 6.61 Å². The Balaban J connectivity index is 1.91. The van der Waals surface area contributed by atoms with Crippen molar-refractivity contribution in [2.24, 2.45) is 5.73 Å². The number of nitrogens with two attached hydrogens (primary N) is 1. The highest BCUT2D eigenvalue weighted by molar-refractivity contribution is 5.75. The number of primary amides is 1. The van der Waals surface area contributed by atoms with Gasteiger partial charge in [-0.05, 0) is 37.8 Å². The van der Waals surface area contributed by atoms with Crippen LogP contribution in [0.2, 0.25) is 0 Å². The Bertz CT molecular complexity index is 450. The molecule has 1 aromatic rings. The van der Waals surface area contributed by atoms with Gasteiger partial charge in [0.1, 0.15) is 5.75 Å². The van der Waals surface area contributed by atoms with Crippen molar-refractivity contribution in [3.05, 3.63) is 24.3 Å². The molecule has 3 N–H and O–H groups in total. The molecule has 1 saturated carbocycles. The van der Waals surface area contributed by atoms with E-state index in [1.54, 1.807) is 7.11 Å². The lowest BCUT2D eigenvalue weighted by Gasteiger charge is -2.29. The molecule has 1 aliphatic carbocycles. The summed E-state index contributed by atoms with van der Waals surface area (Å²) < 4.78 is 10.7. The molecule has 0 heterocycles. The van der Waals surface area contributed by atoms with Gasteiger partial charge in [0, 0.05) is 24.9 Å². The van der Waals surface area contributed by atoms with Gasteiger partial charge in [-0.2, -0.15) is 0 Å². The zero-order valence-electron chi connectivity index (χ0n) is 11.8. The third-order valence-electron chi connectivity index (χ3n) is 3.55. The third kappa shape index (κ3) is 4.42. The standard InChI is InChI=1S/C15H22N2O3/c1-19-13-6-2-4-11(8-13)17-12-5-3-7-14(9-12)20-10-15(16)18/h3,5,7,9,11,13,17H,2,4,6,8,10H2,1H3,(H2,16,18). The number of hydrogen-bond acceptors (Lipinski definition) is 4. The molecule has 2 atom stereocenters. The number of carbonyl (C=O) groups excluding carboxylic acids is 1. The largest absolute Gasteiger partial charge is 0.484 e. The van der Waals surface area contributed by atoms with E-state index in [4.69, 9.17) is 15.2 Å². The minimum Gasteiger partial charge on any atom is -0.484 e. The lowest BCUT2D eigenvalue weighted by molar-refractivity contribution is -0.119. The first-order valence-electron chi connectivity index (χ1n) is 6.98. The molecular formula is C15H22N2O3. The Morgan fingerprint density at radius 1 is 1.45 bits per heavy atom. The maximum absolute atomic E-state index is 10.7. The Hall–Kier alpha value is -1.75. The fourth-order valence-electron chi connectivity index (χ4n) is 2.56. The number of carbonyl (C=O) groups is 1. The van der Waals surface area contributed by atoms with E-state index in [0.717, 1.165) is 24.9 Å². The lowest BCUT2D eigenvalue weighted by Crippen LogP contribution is -2.31. The number of ether oxygens (including phenoxy) is 2. The highest BCUT2D eigenvalue weighted by atomic mass is 16.5. The summed E-state index contributed by atoms with van der Waals surface area (Å²) in [5.74, 6) is 0.173. The summed E-state index contributed by atoms with van der Waals surface area (Å²) in [5, 5.41) is 3.50. The van der Waals surface area contributed by atoms with E-state index in [1.807, 2.05) is 24.3 Å². The van der Waals surface area contributed by atoms with E-state index in [0.29, 0.717) is 17.9 Å². The Labute approximate surface area is 119 Å². The molecule has 1 aliphatic rings. The van der Waals surface area contributed by atoms with Gasteiger partial charge in [-0.15, -0.1) is 0 Å². The van der Waals surface area contributed by atoms with Gasteiger partial charge in [-0.1, -0.05) is 6.07 Å². The van der Waals surface area contributed by atoms with Crippen molar-refractivity contribution >= 4 is 11.6 Å². The predicted octanol–water partition coefficient (Wildman–Crippen LogP) is 1.92. The van der Waals surface area contributed by atoms with Gasteiger partial charge >= 0.3 is 0 Å². The Morgan fingerprint density at radius 2 is 2.30 bits per heavy atom. The molecule has 0 aliphatic heterocycles. The van der Waals surface area contributed by atoms with Crippen LogP contribution in [-0.2, 0) is 9.53 Å². The predicted molar refractivity (Wildman–Crippen MR) is 77.8 cm³/mol. The minimum atomic E-state index is -0.474. The van der Waals surface area contributed by atoms with Crippen LogP contribution in [0.25, 0.3) is 0 Å². The number of benzene rings is 1. The molecule has 2 rings (SSSR count). The summed E-state index contributed by atoms with van der Waals surface area (Å²) in [6, 6.07) is 8.01. The normalized spacial score (nSPS) is 22.2. The second kappa shape index (κ2) is 7.14. The molecule has 1 amide bonds. The Kier molecular flexibility index (Phi) is 5.24. The zero-order chi connectivity index (χ0) is 14.4. The van der Waals surface area contributed by atoms with Crippen LogP contribution in [0, 0.1) is 0 Å². The first-order chi connectivity index (χ1) is 9.67. The maximum atomic E-state index is 10.7. The summed E-state index contributed by atoms with van der Waals surface area (Å²) >= 11 is 0. The topological polar surface area (TPSA) is 73.6 Å². The molecule has 0 radical (unpaired) electrons. The summed E-state index contributed by atoms with van der Waals surface area (Å²) in [4.78, 5) is 10.7. The van der Waals surface area contributed by atoms with E-state index in [1.165, 1.54) is 6.42 Å². The molecule has 20 heavy (non-hydrogen) atoms. The molecule has 0 saturated heterocycles. The average molecular weight is 278 g/mol. The van der Waals surface area contributed by atoms with Crippen LogP contribution in [-0.4, -0.2) is 31.8 Å². The molecule has 0 bridgehead atoms. The first-order valence-corrected chi connectivity index (χ1v) is 6.98. The number of hydrogen-bond donors (Lipinski definition) is 2. The van der Waals surface area contributed by atoms with Crippen LogP contribution in [0.5, 0.6) is 5.75 Å². The Morgan fingerprint density at radius 3 is 3.05 bits per heavy atom. The van der Waals surface area contributed by atoms with Crippen molar-refractivity contribution in [1.82, 2.24) is 0 Å². The van der Waals surface area contributed by atoms with Gasteiger partial charge in [-0.25, -0.2) is 0 Å². The van der Waals surface area contributed by atoms with Crippen molar-refractivity contribution in [2.75, 3.05) is 19.0 Å². The van der Waals surface area contributed by atoms with Crippen LogP contribution in [0.3, 0.4) is 0 Å². The smallest absolute Gasteiger partial charge is 0.255 e. The molecule has 110 valence electrons. The van der Waals surface area contributed by atoms with Crippen molar-refractivity contribution in [1.29, 1.82) is 0 Å². The quantitative estimate of drug-likeness (QED) is 0.833.